The minimum atomic E-state index is -3.17. The van der Waals surface area contributed by atoms with Gasteiger partial charge >= 0.3 is 0 Å². The molecule has 14 heavy (non-hydrogen) atoms. The van der Waals surface area contributed by atoms with Crippen LogP contribution in [0, 0.1) is 0 Å². The lowest BCUT2D eigenvalue weighted by Gasteiger charge is -2.49. The lowest BCUT2D eigenvalue weighted by atomic mass is 9.91. The first-order valence-corrected chi connectivity index (χ1v) is 6.81. The van der Waals surface area contributed by atoms with Crippen LogP contribution in [0.4, 0.5) is 0 Å². The van der Waals surface area contributed by atoms with Crippen LogP contribution in [0.15, 0.2) is 0 Å². The van der Waals surface area contributed by atoms with E-state index >= 15 is 0 Å². The second-order valence-electron chi connectivity index (χ2n) is 3.97. The van der Waals surface area contributed by atoms with Gasteiger partial charge in [0.05, 0.1) is 6.04 Å². The predicted molar refractivity (Wildman–Crippen MR) is 52.6 cm³/mol. The highest BCUT2D eigenvalue weighted by Gasteiger charge is 2.53. The second kappa shape index (κ2) is 3.22. The molecule has 0 aliphatic carbocycles. The zero-order valence-corrected chi connectivity index (χ0v) is 9.09. The maximum atomic E-state index is 11.6. The van der Waals surface area contributed by atoms with Gasteiger partial charge in [0.2, 0.25) is 5.91 Å². The van der Waals surface area contributed by atoms with Crippen LogP contribution >= 0.6 is 0 Å². The molecule has 0 aromatic rings. The summed E-state index contributed by atoms with van der Waals surface area (Å²) in [6.07, 6.45) is 2.92. The zero-order valence-electron chi connectivity index (χ0n) is 8.27. The highest BCUT2D eigenvalue weighted by atomic mass is 32.2. The Bertz CT molecular complexity index is 349. The molecule has 0 aromatic carbocycles. The zero-order chi connectivity index (χ0) is 10.3. The number of carbonyl (C=O) groups excluding carboxylic acids is 1. The van der Waals surface area contributed by atoms with E-state index in [1.54, 1.807) is 11.8 Å². The smallest absolute Gasteiger partial charge is 0.243 e. The minimum absolute atomic E-state index is 0.0128. The number of fused-ring (bicyclic) bond motifs is 1. The van der Waals surface area contributed by atoms with Crippen LogP contribution in [0.1, 0.15) is 26.2 Å². The number of hydrogen-bond acceptors (Lipinski definition) is 3. The van der Waals surface area contributed by atoms with E-state index in [1.165, 1.54) is 0 Å². The lowest BCUT2D eigenvalue weighted by molar-refractivity contribution is -0.147. The highest BCUT2D eigenvalue weighted by Crippen LogP contribution is 2.33. The van der Waals surface area contributed by atoms with Gasteiger partial charge < -0.3 is 4.90 Å². The molecule has 0 bridgehead atoms. The van der Waals surface area contributed by atoms with Crippen molar-refractivity contribution in [2.75, 3.05) is 12.3 Å². The number of carbonyl (C=O) groups is 1. The van der Waals surface area contributed by atoms with Crippen molar-refractivity contribution in [2.45, 2.75) is 37.5 Å². The summed E-state index contributed by atoms with van der Waals surface area (Å²) >= 11 is 0. The standard InChI is InChI=1S/C9H15NO3S/c1-2-14(12,13)8-7-5-3-4-6-10(7)9(8)11/h7-8H,2-6H2,1H3/t7-,8+/m1/s1. The molecule has 0 aromatic heterocycles. The van der Waals surface area contributed by atoms with Gasteiger partial charge in [-0.1, -0.05) is 6.92 Å². The van der Waals surface area contributed by atoms with E-state index in [1.807, 2.05) is 0 Å². The maximum Gasteiger partial charge on any atom is 0.243 e. The van der Waals surface area contributed by atoms with Gasteiger partial charge in [-0.2, -0.15) is 0 Å². The summed E-state index contributed by atoms with van der Waals surface area (Å²) in [5.74, 6) is -0.0927. The Labute approximate surface area is 84.2 Å². The third-order valence-corrected chi connectivity index (χ3v) is 5.31. The summed E-state index contributed by atoms with van der Waals surface area (Å²) in [5, 5.41) is -0.715. The predicted octanol–water partition coefficient (Wildman–Crippen LogP) is 0.184. The first-order chi connectivity index (χ1) is 6.58. The van der Waals surface area contributed by atoms with Crippen molar-refractivity contribution in [1.29, 1.82) is 0 Å². The van der Waals surface area contributed by atoms with Crippen LogP contribution in [-0.2, 0) is 14.6 Å². The molecule has 2 saturated heterocycles. The first-order valence-electron chi connectivity index (χ1n) is 5.10. The molecule has 0 spiro atoms. The normalized spacial score (nSPS) is 32.4. The van der Waals surface area contributed by atoms with Gasteiger partial charge in [-0.25, -0.2) is 8.42 Å². The fraction of sp³-hybridized carbons (Fsp3) is 0.889. The number of piperidine rings is 1. The third-order valence-electron chi connectivity index (χ3n) is 3.21. The number of rotatable bonds is 2. The van der Waals surface area contributed by atoms with Gasteiger partial charge in [0.15, 0.2) is 15.1 Å². The Morgan fingerprint density at radius 1 is 1.43 bits per heavy atom. The Kier molecular flexibility index (Phi) is 2.29. The third kappa shape index (κ3) is 1.26. The molecule has 2 heterocycles. The quantitative estimate of drug-likeness (QED) is 0.620. The van der Waals surface area contributed by atoms with Gasteiger partial charge in [0.25, 0.3) is 0 Å². The molecule has 2 aliphatic rings. The van der Waals surface area contributed by atoms with Crippen molar-refractivity contribution >= 4 is 15.7 Å². The molecular formula is C9H15NO3S. The average Bonchev–Trinajstić information content (AvgIpc) is 2.17. The van der Waals surface area contributed by atoms with E-state index < -0.39 is 15.1 Å². The number of hydrogen-bond donors (Lipinski definition) is 0. The van der Waals surface area contributed by atoms with Crippen molar-refractivity contribution < 1.29 is 13.2 Å². The van der Waals surface area contributed by atoms with Crippen LogP contribution in [0.3, 0.4) is 0 Å². The van der Waals surface area contributed by atoms with Crippen LogP contribution in [0.5, 0.6) is 0 Å². The van der Waals surface area contributed by atoms with Crippen molar-refractivity contribution in [2.24, 2.45) is 0 Å². The topological polar surface area (TPSA) is 54.5 Å². The molecule has 4 nitrogen and oxygen atoms in total. The molecule has 1 amide bonds. The van der Waals surface area contributed by atoms with Crippen LogP contribution in [0.25, 0.3) is 0 Å². The Hall–Kier alpha value is -0.580. The maximum absolute atomic E-state index is 11.6. The molecule has 2 aliphatic heterocycles. The first kappa shape index (κ1) is 9.96. The van der Waals surface area contributed by atoms with E-state index in [0.29, 0.717) is 0 Å². The molecule has 0 unspecified atom stereocenters. The van der Waals surface area contributed by atoms with E-state index in [0.717, 1.165) is 25.8 Å². The lowest BCUT2D eigenvalue weighted by Crippen LogP contribution is -2.68. The summed E-state index contributed by atoms with van der Waals surface area (Å²) < 4.78 is 23.2. The van der Waals surface area contributed by atoms with Gasteiger partial charge in [-0.3, -0.25) is 4.79 Å². The molecule has 0 saturated carbocycles. The number of β-lactam (4-membered cyclic amide) rings is 1. The average molecular weight is 217 g/mol. The monoisotopic (exact) mass is 217 g/mol. The minimum Gasteiger partial charge on any atom is -0.337 e. The summed E-state index contributed by atoms with van der Waals surface area (Å²) in [6.45, 7) is 2.35. The van der Waals surface area contributed by atoms with Crippen LogP contribution in [0.2, 0.25) is 0 Å². The Morgan fingerprint density at radius 3 is 2.79 bits per heavy atom. The molecule has 5 heteroatoms. The molecular weight excluding hydrogens is 202 g/mol. The molecule has 0 radical (unpaired) electrons. The molecule has 2 atom stereocenters. The second-order valence-corrected chi connectivity index (χ2v) is 6.38. The van der Waals surface area contributed by atoms with Crippen molar-refractivity contribution in [3.63, 3.8) is 0 Å². The number of nitrogens with zero attached hydrogens (tertiary/aromatic N) is 1. The summed E-state index contributed by atoms with van der Waals surface area (Å²) in [7, 11) is -3.17. The molecule has 2 fully saturated rings. The fourth-order valence-corrected chi connectivity index (χ4v) is 3.93. The molecule has 80 valence electrons. The van der Waals surface area contributed by atoms with Crippen LogP contribution < -0.4 is 0 Å². The number of sulfone groups is 1. The van der Waals surface area contributed by atoms with Gasteiger partial charge in [0, 0.05) is 12.3 Å². The largest absolute Gasteiger partial charge is 0.337 e. The summed E-state index contributed by atoms with van der Waals surface area (Å²) in [5.41, 5.74) is 0. The molecule has 2 rings (SSSR count). The van der Waals surface area contributed by atoms with Gasteiger partial charge in [-0.15, -0.1) is 0 Å². The Balaban J connectivity index is 2.19. The van der Waals surface area contributed by atoms with E-state index in [9.17, 15) is 13.2 Å². The van der Waals surface area contributed by atoms with E-state index in [2.05, 4.69) is 0 Å². The van der Waals surface area contributed by atoms with Crippen LogP contribution in [-0.4, -0.2) is 42.8 Å². The van der Waals surface area contributed by atoms with Crippen molar-refractivity contribution in [1.82, 2.24) is 4.90 Å². The summed E-state index contributed by atoms with van der Waals surface area (Å²) in [4.78, 5) is 13.3. The van der Waals surface area contributed by atoms with E-state index in [4.69, 9.17) is 0 Å². The summed E-state index contributed by atoms with van der Waals surface area (Å²) in [6, 6.07) is -0.0128. The Morgan fingerprint density at radius 2 is 2.14 bits per heavy atom. The van der Waals surface area contributed by atoms with E-state index in [-0.39, 0.29) is 17.7 Å². The number of amides is 1. The van der Waals surface area contributed by atoms with Crippen molar-refractivity contribution in [3.8, 4) is 0 Å². The SMILES string of the molecule is CCS(=O)(=O)[C@@H]1C(=O)N2CCCC[C@H]12. The fourth-order valence-electron chi connectivity index (χ4n) is 2.36. The van der Waals surface area contributed by atoms with Gasteiger partial charge in [0.1, 0.15) is 0 Å². The van der Waals surface area contributed by atoms with Crippen molar-refractivity contribution in [3.05, 3.63) is 0 Å². The molecule has 0 N–H and O–H groups in total. The highest BCUT2D eigenvalue weighted by molar-refractivity contribution is 7.92. The van der Waals surface area contributed by atoms with Gasteiger partial charge in [-0.05, 0) is 19.3 Å².